The molecule has 4 heteroatoms. The molecule has 0 unspecified atom stereocenters. The van der Waals surface area contributed by atoms with Crippen molar-refractivity contribution in [3.8, 4) is 0 Å². The van der Waals surface area contributed by atoms with Gasteiger partial charge in [0.1, 0.15) is 0 Å². The van der Waals surface area contributed by atoms with Gasteiger partial charge in [0.25, 0.3) is 0 Å². The molecule has 146 valence electrons. The van der Waals surface area contributed by atoms with E-state index in [2.05, 4.69) is 84.9 Å². The van der Waals surface area contributed by atoms with Gasteiger partial charge in [-0.3, -0.25) is 4.79 Å². The van der Waals surface area contributed by atoms with Crippen molar-refractivity contribution in [2.24, 2.45) is 0 Å². The Labute approximate surface area is 179 Å². The van der Waals surface area contributed by atoms with Gasteiger partial charge in [-0.25, -0.2) is 0 Å². The minimum absolute atomic E-state index is 0. The number of halogens is 1. The number of aryl methyl sites for hydroxylation is 1. The highest BCUT2D eigenvalue weighted by molar-refractivity contribution is 8.93. The predicted molar refractivity (Wildman–Crippen MR) is 125 cm³/mol. The maximum absolute atomic E-state index is 11.7. The third kappa shape index (κ3) is 6.02. The highest BCUT2D eigenvalue weighted by atomic mass is 79.9. The second kappa shape index (κ2) is 11.8. The summed E-state index contributed by atoms with van der Waals surface area (Å²) in [4.78, 5) is 11.7. The average Bonchev–Trinajstić information content (AvgIpc) is 2.71. The minimum atomic E-state index is -0.622. The lowest BCUT2D eigenvalue weighted by molar-refractivity contribution is -0.143. The van der Waals surface area contributed by atoms with Crippen molar-refractivity contribution in [1.82, 2.24) is 0 Å². The normalized spacial score (nSPS) is 10.4. The molecule has 3 aromatic carbocycles. The molecule has 0 amide bonds. The van der Waals surface area contributed by atoms with E-state index in [-0.39, 0.29) is 23.0 Å². The molecule has 0 N–H and O–H groups in total. The van der Waals surface area contributed by atoms with Gasteiger partial charge >= 0.3 is 5.97 Å². The van der Waals surface area contributed by atoms with Crippen LogP contribution in [-0.4, -0.2) is 12.6 Å². The van der Waals surface area contributed by atoms with Crippen molar-refractivity contribution >= 4 is 46.8 Å². The molecule has 3 rings (SSSR count). The van der Waals surface area contributed by atoms with E-state index in [1.54, 1.807) is 0 Å². The summed E-state index contributed by atoms with van der Waals surface area (Å²) in [5, 5.41) is 4.06. The van der Waals surface area contributed by atoms with Crippen molar-refractivity contribution in [3.63, 3.8) is 0 Å². The van der Waals surface area contributed by atoms with E-state index in [0.29, 0.717) is 13.0 Å². The third-order valence-corrected chi connectivity index (χ3v) is 6.94. The van der Waals surface area contributed by atoms with Crippen molar-refractivity contribution < 1.29 is 9.53 Å². The zero-order chi connectivity index (χ0) is 18.9. The molecule has 0 fully saturated rings. The Balaban J connectivity index is 0.00000280. The Morgan fingerprint density at radius 3 is 1.93 bits per heavy atom. The molecule has 0 heterocycles. The van der Waals surface area contributed by atoms with Gasteiger partial charge in [0.05, 0.1) is 6.61 Å². The highest BCUT2D eigenvalue weighted by Gasteiger charge is 2.19. The molecule has 2 nitrogen and oxygen atoms in total. The van der Waals surface area contributed by atoms with Crippen LogP contribution in [0.1, 0.15) is 25.3 Å². The first kappa shape index (κ1) is 22.3. The first-order chi connectivity index (χ1) is 13.3. The van der Waals surface area contributed by atoms with Gasteiger partial charge in [0.2, 0.25) is 0 Å². The first-order valence-corrected chi connectivity index (χ1v) is 10.8. The summed E-state index contributed by atoms with van der Waals surface area (Å²) in [7, 11) is -0.622. The van der Waals surface area contributed by atoms with Crippen LogP contribution in [0.2, 0.25) is 0 Å². The largest absolute Gasteiger partial charge is 0.466 e. The number of carbonyl (C=O) groups excluding carboxylic acids is 1. The third-order valence-electron chi connectivity index (χ3n) is 4.39. The Kier molecular flexibility index (Phi) is 9.40. The Bertz CT molecular complexity index is 813. The molecule has 0 aliphatic heterocycles. The summed E-state index contributed by atoms with van der Waals surface area (Å²) >= 11 is 0. The molecule has 0 radical (unpaired) electrons. The quantitative estimate of drug-likeness (QED) is 0.355. The standard InChI is InChI=1S/C24H25O2P.BrH/c1-2-26-24(25)19-11-13-20-12-9-10-18-23(20)27(21-14-5-3-6-15-21)22-16-7-4-8-17-22;/h3-10,12,14-18H,2,11,13,19H2,1H3;1H. The van der Waals surface area contributed by atoms with Crippen molar-refractivity contribution in [3.05, 3.63) is 90.5 Å². The van der Waals surface area contributed by atoms with Crippen LogP contribution in [0.3, 0.4) is 0 Å². The van der Waals surface area contributed by atoms with E-state index in [9.17, 15) is 4.79 Å². The number of benzene rings is 3. The summed E-state index contributed by atoms with van der Waals surface area (Å²) in [6.45, 7) is 2.29. The van der Waals surface area contributed by atoms with Gasteiger partial charge in [-0.2, -0.15) is 0 Å². The lowest BCUT2D eigenvalue weighted by Gasteiger charge is -2.22. The van der Waals surface area contributed by atoms with E-state index >= 15 is 0 Å². The lowest BCUT2D eigenvalue weighted by Crippen LogP contribution is -2.23. The molecule has 0 spiro atoms. The average molecular weight is 457 g/mol. The van der Waals surface area contributed by atoms with E-state index in [1.165, 1.54) is 21.5 Å². The van der Waals surface area contributed by atoms with Gasteiger partial charge in [0.15, 0.2) is 0 Å². The van der Waals surface area contributed by atoms with Gasteiger partial charge in [-0.1, -0.05) is 84.9 Å². The molecule has 0 atom stereocenters. The maximum Gasteiger partial charge on any atom is 0.305 e. The smallest absolute Gasteiger partial charge is 0.305 e. The van der Waals surface area contributed by atoms with E-state index in [1.807, 2.05) is 6.92 Å². The van der Waals surface area contributed by atoms with Crippen molar-refractivity contribution in [1.29, 1.82) is 0 Å². The first-order valence-electron chi connectivity index (χ1n) is 9.43. The molecule has 0 bridgehead atoms. The monoisotopic (exact) mass is 456 g/mol. The fourth-order valence-electron chi connectivity index (χ4n) is 3.18. The van der Waals surface area contributed by atoms with Crippen molar-refractivity contribution in [2.45, 2.75) is 26.2 Å². The molecule has 0 saturated heterocycles. The summed E-state index contributed by atoms with van der Waals surface area (Å²) in [5.74, 6) is -0.108. The van der Waals surface area contributed by atoms with Crippen LogP contribution in [0.5, 0.6) is 0 Å². The lowest BCUT2D eigenvalue weighted by atomic mass is 10.1. The van der Waals surface area contributed by atoms with Gasteiger partial charge in [0, 0.05) is 6.42 Å². The SMILES string of the molecule is Br.CCOC(=O)CCCc1ccccc1P(c1ccccc1)c1ccccc1. The molecule has 28 heavy (non-hydrogen) atoms. The van der Waals surface area contributed by atoms with Crippen molar-refractivity contribution in [2.75, 3.05) is 6.61 Å². The second-order valence-electron chi connectivity index (χ2n) is 6.29. The summed E-state index contributed by atoms with van der Waals surface area (Å²) in [6.07, 6.45) is 2.16. The van der Waals surface area contributed by atoms with Crippen LogP contribution in [0.25, 0.3) is 0 Å². The fourth-order valence-corrected chi connectivity index (χ4v) is 5.68. The summed E-state index contributed by atoms with van der Waals surface area (Å²) in [6, 6.07) is 30.1. The van der Waals surface area contributed by atoms with Crippen LogP contribution in [0.15, 0.2) is 84.9 Å². The van der Waals surface area contributed by atoms with E-state index in [4.69, 9.17) is 4.74 Å². The number of ether oxygens (including phenoxy) is 1. The van der Waals surface area contributed by atoms with Gasteiger partial charge < -0.3 is 4.74 Å². The minimum Gasteiger partial charge on any atom is -0.466 e. The van der Waals surface area contributed by atoms with Crippen LogP contribution < -0.4 is 15.9 Å². The number of carbonyl (C=O) groups is 1. The zero-order valence-corrected chi connectivity index (χ0v) is 18.7. The second-order valence-corrected chi connectivity index (χ2v) is 8.48. The molecule has 0 aromatic heterocycles. The number of esters is 1. The van der Waals surface area contributed by atoms with E-state index in [0.717, 1.165) is 12.8 Å². The predicted octanol–water partition coefficient (Wildman–Crippen LogP) is 4.91. The highest BCUT2D eigenvalue weighted by Crippen LogP contribution is 2.34. The maximum atomic E-state index is 11.7. The fraction of sp³-hybridized carbons (Fsp3) is 0.208. The Morgan fingerprint density at radius 1 is 0.821 bits per heavy atom. The molecular weight excluding hydrogens is 431 g/mol. The number of rotatable bonds is 8. The molecule has 0 aliphatic rings. The van der Waals surface area contributed by atoms with Crippen LogP contribution in [0, 0.1) is 0 Å². The van der Waals surface area contributed by atoms with E-state index < -0.39 is 7.92 Å². The Hall–Kier alpha value is -1.96. The van der Waals surface area contributed by atoms with Crippen LogP contribution in [0.4, 0.5) is 0 Å². The number of hydrogen-bond donors (Lipinski definition) is 0. The zero-order valence-electron chi connectivity index (χ0n) is 16.1. The van der Waals surface area contributed by atoms with Gasteiger partial charge in [-0.05, 0) is 49.2 Å². The van der Waals surface area contributed by atoms with Gasteiger partial charge in [-0.15, -0.1) is 17.0 Å². The molecule has 3 aromatic rings. The topological polar surface area (TPSA) is 26.3 Å². The van der Waals surface area contributed by atoms with Crippen LogP contribution in [-0.2, 0) is 16.0 Å². The molecule has 0 aliphatic carbocycles. The molecule has 0 saturated carbocycles. The Morgan fingerprint density at radius 2 is 1.36 bits per heavy atom. The molecular formula is C24H26BrO2P. The van der Waals surface area contributed by atoms with Crippen LogP contribution >= 0.6 is 24.9 Å². The summed E-state index contributed by atoms with van der Waals surface area (Å²) < 4.78 is 5.06. The summed E-state index contributed by atoms with van der Waals surface area (Å²) in [5.41, 5.74) is 1.32. The number of hydrogen-bond acceptors (Lipinski definition) is 2.